The number of anilines is 1. The van der Waals surface area contributed by atoms with Gasteiger partial charge in [0.2, 0.25) is 0 Å². The Hall–Kier alpha value is -3.26. The average Bonchev–Trinajstić information content (AvgIpc) is 3.39. The van der Waals surface area contributed by atoms with Crippen molar-refractivity contribution in [3.05, 3.63) is 82.7 Å². The maximum absolute atomic E-state index is 13.3. The van der Waals surface area contributed by atoms with Crippen LogP contribution < -0.4 is 10.1 Å². The van der Waals surface area contributed by atoms with Crippen molar-refractivity contribution in [3.8, 4) is 5.75 Å². The number of carbonyl (C=O) groups excluding carboxylic acids is 1. The zero-order chi connectivity index (χ0) is 30.4. The molecule has 3 aromatic rings. The zero-order valence-corrected chi connectivity index (χ0v) is 25.0. The Kier molecular flexibility index (Phi) is 10.3. The first-order valence-corrected chi connectivity index (χ1v) is 14.5. The molecule has 0 bridgehead atoms. The van der Waals surface area contributed by atoms with Gasteiger partial charge in [0.25, 0.3) is 5.91 Å². The number of aromatic nitrogens is 1. The molecule has 0 fully saturated rings. The number of carbonyl (C=O) groups is 1. The van der Waals surface area contributed by atoms with Crippen LogP contribution in [-0.2, 0) is 18.1 Å². The van der Waals surface area contributed by atoms with Gasteiger partial charge < -0.3 is 19.7 Å². The van der Waals surface area contributed by atoms with Crippen LogP contribution in [0.25, 0.3) is 0 Å². The fraction of sp³-hybridized carbons (Fsp3) is 0.485. The summed E-state index contributed by atoms with van der Waals surface area (Å²) in [4.78, 5) is 13.3. The summed E-state index contributed by atoms with van der Waals surface area (Å²) in [6.45, 7) is 13.1. The Labute approximate surface area is 241 Å². The van der Waals surface area contributed by atoms with Crippen molar-refractivity contribution < 1.29 is 27.8 Å². The number of halogens is 3. The number of amides is 1. The third-order valence-electron chi connectivity index (χ3n) is 8.54. The number of hydrogen-bond acceptors (Lipinski definition) is 3. The second-order valence-electron chi connectivity index (χ2n) is 10.7. The third kappa shape index (κ3) is 6.97. The van der Waals surface area contributed by atoms with Gasteiger partial charge in [-0.1, -0.05) is 45.9 Å². The number of nitrogens with zero attached hydrogens (tertiary/aromatic N) is 1. The average molecular weight is 573 g/mol. The van der Waals surface area contributed by atoms with Crippen LogP contribution in [0.3, 0.4) is 0 Å². The van der Waals surface area contributed by atoms with Crippen LogP contribution in [-0.4, -0.2) is 27.8 Å². The molecule has 2 aromatic carbocycles. The summed E-state index contributed by atoms with van der Waals surface area (Å²) in [5.74, 6) is 0.314. The van der Waals surface area contributed by atoms with E-state index in [4.69, 9.17) is 4.74 Å². The maximum atomic E-state index is 13.3. The highest BCUT2D eigenvalue weighted by Crippen LogP contribution is 2.41. The van der Waals surface area contributed by atoms with Crippen molar-refractivity contribution in [1.29, 1.82) is 0 Å². The first kappa shape index (κ1) is 32.3. The van der Waals surface area contributed by atoms with E-state index in [0.29, 0.717) is 38.1 Å². The number of ether oxygens (including phenoxy) is 1. The van der Waals surface area contributed by atoms with Crippen molar-refractivity contribution in [2.24, 2.45) is 0 Å². The Morgan fingerprint density at radius 1 is 0.902 bits per heavy atom. The first-order chi connectivity index (χ1) is 19.4. The minimum atomic E-state index is -4.49. The fourth-order valence-corrected chi connectivity index (χ4v) is 5.62. The van der Waals surface area contributed by atoms with Crippen LogP contribution in [0.2, 0.25) is 0 Å². The molecule has 0 saturated heterocycles. The van der Waals surface area contributed by atoms with Crippen molar-refractivity contribution in [2.45, 2.75) is 97.4 Å². The molecular formula is C33H43F3N2O3. The summed E-state index contributed by atoms with van der Waals surface area (Å²) in [6, 6.07) is 14.5. The van der Waals surface area contributed by atoms with Crippen LogP contribution in [0.5, 0.6) is 5.75 Å². The molecule has 1 aromatic heterocycles. The minimum Gasteiger partial charge on any atom is -0.493 e. The van der Waals surface area contributed by atoms with Gasteiger partial charge in [-0.05, 0) is 87.1 Å². The topological polar surface area (TPSA) is 63.5 Å². The molecule has 2 N–H and O–H groups in total. The lowest BCUT2D eigenvalue weighted by Crippen LogP contribution is -2.31. The normalized spacial score (nSPS) is 12.4. The third-order valence-corrected chi connectivity index (χ3v) is 8.54. The van der Waals surface area contributed by atoms with E-state index in [-0.39, 0.29) is 5.69 Å². The van der Waals surface area contributed by atoms with Gasteiger partial charge >= 0.3 is 6.18 Å². The first-order valence-electron chi connectivity index (χ1n) is 14.5. The Bertz CT molecular complexity index is 1320. The monoisotopic (exact) mass is 572 g/mol. The number of benzene rings is 2. The molecule has 0 aliphatic rings. The quantitative estimate of drug-likeness (QED) is 0.216. The van der Waals surface area contributed by atoms with Crippen LogP contribution in [0.1, 0.15) is 99.6 Å². The lowest BCUT2D eigenvalue weighted by molar-refractivity contribution is -0.137. The van der Waals surface area contributed by atoms with Crippen LogP contribution in [0.4, 0.5) is 18.9 Å². The van der Waals surface area contributed by atoms with E-state index >= 15 is 0 Å². The second-order valence-corrected chi connectivity index (χ2v) is 10.7. The summed E-state index contributed by atoms with van der Waals surface area (Å²) in [6.07, 6.45) is -1.02. The number of aliphatic hydroxyl groups is 1. The standard InChI is InChI=1S/C33H43F3N2O3/c1-7-31(40,8-2)19-20-41-28-17-15-24(21-23(28)6)32(9-3,10-4)29-18-16-27(38(29)11-5)30(39)37-26-14-12-13-25(22-26)33(34,35)36/h12-18,21-22,40H,7-11,19-20H2,1-6H3,(H,37,39). The Morgan fingerprint density at radius 2 is 1.59 bits per heavy atom. The molecule has 0 radical (unpaired) electrons. The molecule has 0 aliphatic heterocycles. The maximum Gasteiger partial charge on any atom is 0.416 e. The van der Waals surface area contributed by atoms with E-state index in [0.717, 1.165) is 47.5 Å². The van der Waals surface area contributed by atoms with Gasteiger partial charge in [0.05, 0.1) is 17.8 Å². The minimum absolute atomic E-state index is 0.0926. The number of aryl methyl sites for hydroxylation is 1. The largest absolute Gasteiger partial charge is 0.493 e. The van der Waals surface area contributed by atoms with Gasteiger partial charge in [-0.25, -0.2) is 0 Å². The highest BCUT2D eigenvalue weighted by atomic mass is 19.4. The molecule has 41 heavy (non-hydrogen) atoms. The van der Waals surface area contributed by atoms with E-state index in [1.165, 1.54) is 12.1 Å². The number of rotatable bonds is 13. The van der Waals surface area contributed by atoms with Crippen LogP contribution in [0, 0.1) is 6.92 Å². The number of alkyl halides is 3. The summed E-state index contributed by atoms with van der Waals surface area (Å²) >= 11 is 0. The van der Waals surface area contributed by atoms with Gasteiger partial charge in [0, 0.05) is 29.8 Å². The van der Waals surface area contributed by atoms with Crippen LogP contribution in [0.15, 0.2) is 54.6 Å². The molecule has 0 unspecified atom stereocenters. The fourth-order valence-electron chi connectivity index (χ4n) is 5.62. The summed E-state index contributed by atoms with van der Waals surface area (Å²) in [5, 5.41) is 13.2. The molecule has 5 nitrogen and oxygen atoms in total. The zero-order valence-electron chi connectivity index (χ0n) is 25.0. The van der Waals surface area contributed by atoms with Gasteiger partial charge in [-0.15, -0.1) is 0 Å². The summed E-state index contributed by atoms with van der Waals surface area (Å²) < 4.78 is 47.5. The van der Waals surface area contributed by atoms with E-state index in [9.17, 15) is 23.1 Å². The lowest BCUT2D eigenvalue weighted by Gasteiger charge is -2.34. The van der Waals surface area contributed by atoms with E-state index < -0.39 is 28.7 Å². The van der Waals surface area contributed by atoms with Crippen molar-refractivity contribution >= 4 is 11.6 Å². The highest BCUT2D eigenvalue weighted by molar-refractivity contribution is 6.03. The predicted octanol–water partition coefficient (Wildman–Crippen LogP) is 8.51. The lowest BCUT2D eigenvalue weighted by atomic mass is 9.72. The van der Waals surface area contributed by atoms with Crippen molar-refractivity contribution in [1.82, 2.24) is 4.57 Å². The number of hydrogen-bond donors (Lipinski definition) is 2. The van der Waals surface area contributed by atoms with E-state index in [2.05, 4.69) is 31.3 Å². The van der Waals surface area contributed by atoms with Crippen molar-refractivity contribution in [3.63, 3.8) is 0 Å². The molecule has 0 saturated carbocycles. The second kappa shape index (κ2) is 13.1. The predicted molar refractivity (Wildman–Crippen MR) is 158 cm³/mol. The molecule has 8 heteroatoms. The molecular weight excluding hydrogens is 529 g/mol. The number of nitrogens with one attached hydrogen (secondary N) is 1. The molecule has 3 rings (SSSR count). The molecule has 0 atom stereocenters. The SMILES string of the molecule is CCn1c(C(=O)Nc2cccc(C(F)(F)F)c2)ccc1C(CC)(CC)c1ccc(OCCC(O)(CC)CC)c(C)c1. The van der Waals surface area contributed by atoms with E-state index in [1.807, 2.05) is 44.4 Å². The highest BCUT2D eigenvalue weighted by Gasteiger charge is 2.35. The molecule has 0 aliphatic carbocycles. The summed E-state index contributed by atoms with van der Waals surface area (Å²) in [7, 11) is 0. The molecule has 1 heterocycles. The Balaban J connectivity index is 1.91. The molecule has 1 amide bonds. The molecule has 0 spiro atoms. The van der Waals surface area contributed by atoms with Gasteiger partial charge in [-0.3, -0.25) is 4.79 Å². The van der Waals surface area contributed by atoms with Crippen LogP contribution >= 0.6 is 0 Å². The van der Waals surface area contributed by atoms with Gasteiger partial charge in [-0.2, -0.15) is 13.2 Å². The smallest absolute Gasteiger partial charge is 0.416 e. The van der Waals surface area contributed by atoms with Crippen molar-refractivity contribution in [2.75, 3.05) is 11.9 Å². The Morgan fingerprint density at radius 3 is 2.15 bits per heavy atom. The van der Waals surface area contributed by atoms with Gasteiger partial charge in [0.1, 0.15) is 11.4 Å². The van der Waals surface area contributed by atoms with Gasteiger partial charge in [0.15, 0.2) is 0 Å². The van der Waals surface area contributed by atoms with E-state index in [1.54, 1.807) is 6.07 Å². The summed E-state index contributed by atoms with van der Waals surface area (Å²) in [5.41, 5.74) is 1.63. The molecule has 224 valence electrons.